The van der Waals surface area contributed by atoms with Crippen LogP contribution in [0.4, 0.5) is 5.69 Å². The van der Waals surface area contributed by atoms with E-state index in [1.807, 2.05) is 6.92 Å². The standard InChI is InChI=1S/C26H22N2O5/c1-2-32-19-9-7-18(8-10-19)28-23(20-5-3-4-13-27-20)22(25(30)26(28)31)24(29)17-6-11-21-16(15-17)12-14-33-21/h3-11,13,15,23,29H,2,12,14H2,1H3/b24-22-. The summed E-state index contributed by atoms with van der Waals surface area (Å²) in [6, 6.07) is 16.6. The van der Waals surface area contributed by atoms with E-state index in [-0.39, 0.29) is 11.3 Å². The van der Waals surface area contributed by atoms with Gasteiger partial charge in [-0.05, 0) is 67.1 Å². The van der Waals surface area contributed by atoms with Gasteiger partial charge >= 0.3 is 0 Å². The maximum Gasteiger partial charge on any atom is 0.300 e. The fraction of sp³-hybridized carbons (Fsp3) is 0.192. The van der Waals surface area contributed by atoms with E-state index >= 15 is 0 Å². The third-order valence-electron chi connectivity index (χ3n) is 5.80. The molecule has 2 aliphatic rings. The average Bonchev–Trinajstić information content (AvgIpc) is 3.42. The van der Waals surface area contributed by atoms with Gasteiger partial charge in [-0.3, -0.25) is 19.5 Å². The SMILES string of the molecule is CCOc1ccc(N2C(=O)C(=O)/C(=C(\O)c3ccc4c(c3)CCO4)C2c2ccccn2)cc1. The Morgan fingerprint density at radius 2 is 1.97 bits per heavy atom. The van der Waals surface area contributed by atoms with Crippen molar-refractivity contribution >= 4 is 23.1 Å². The summed E-state index contributed by atoms with van der Waals surface area (Å²) in [5.74, 6) is -0.281. The number of carbonyl (C=O) groups excluding carboxylic acids is 2. The van der Waals surface area contributed by atoms with E-state index in [1.54, 1.807) is 66.9 Å². The van der Waals surface area contributed by atoms with Crippen molar-refractivity contribution in [2.75, 3.05) is 18.1 Å². The molecule has 0 saturated carbocycles. The van der Waals surface area contributed by atoms with Gasteiger partial charge in [-0.15, -0.1) is 0 Å². The summed E-state index contributed by atoms with van der Waals surface area (Å²) in [6.45, 7) is 2.98. The normalized spacial score (nSPS) is 18.8. The van der Waals surface area contributed by atoms with Crippen LogP contribution in [-0.4, -0.2) is 35.0 Å². The first-order chi connectivity index (χ1) is 16.1. The van der Waals surface area contributed by atoms with Gasteiger partial charge in [0.2, 0.25) is 0 Å². The minimum Gasteiger partial charge on any atom is -0.507 e. The van der Waals surface area contributed by atoms with Crippen LogP contribution < -0.4 is 14.4 Å². The second-order valence-corrected chi connectivity index (χ2v) is 7.77. The van der Waals surface area contributed by atoms with Gasteiger partial charge in [-0.2, -0.15) is 0 Å². The van der Waals surface area contributed by atoms with Crippen LogP contribution in [0, 0.1) is 0 Å². The number of anilines is 1. The van der Waals surface area contributed by atoms with Gasteiger partial charge in [0.25, 0.3) is 11.7 Å². The molecule has 0 bridgehead atoms. The summed E-state index contributed by atoms with van der Waals surface area (Å²) in [5.41, 5.74) is 2.42. The second-order valence-electron chi connectivity index (χ2n) is 7.77. The minimum atomic E-state index is -0.867. The number of ketones is 1. The Hall–Kier alpha value is -4.13. The summed E-state index contributed by atoms with van der Waals surface area (Å²) < 4.78 is 11.0. The van der Waals surface area contributed by atoms with Crippen molar-refractivity contribution in [3.05, 3.63) is 89.3 Å². The highest BCUT2D eigenvalue weighted by Gasteiger charge is 2.47. The fourth-order valence-corrected chi connectivity index (χ4v) is 4.28. The first kappa shape index (κ1) is 20.8. The zero-order valence-electron chi connectivity index (χ0n) is 18.0. The number of hydrogen-bond donors (Lipinski definition) is 1. The fourth-order valence-electron chi connectivity index (χ4n) is 4.28. The molecule has 166 valence electrons. The number of hydrogen-bond acceptors (Lipinski definition) is 6. The number of amides is 1. The van der Waals surface area contributed by atoms with Gasteiger partial charge in [0.05, 0.1) is 24.5 Å². The predicted molar refractivity (Wildman–Crippen MR) is 122 cm³/mol. The van der Waals surface area contributed by atoms with Crippen molar-refractivity contribution in [2.45, 2.75) is 19.4 Å². The molecule has 0 radical (unpaired) electrons. The van der Waals surface area contributed by atoms with Crippen molar-refractivity contribution in [3.63, 3.8) is 0 Å². The van der Waals surface area contributed by atoms with Crippen LogP contribution in [-0.2, 0) is 16.0 Å². The third kappa shape index (κ3) is 3.61. The lowest BCUT2D eigenvalue weighted by atomic mass is 9.97. The number of Topliss-reactive ketones (excluding diaryl/α,β-unsaturated/α-hetero) is 1. The molecule has 7 nitrogen and oxygen atoms in total. The molecule has 5 rings (SSSR count). The van der Waals surface area contributed by atoms with Crippen LogP contribution in [0.2, 0.25) is 0 Å². The maximum absolute atomic E-state index is 13.2. The lowest BCUT2D eigenvalue weighted by Crippen LogP contribution is -2.29. The third-order valence-corrected chi connectivity index (χ3v) is 5.80. The second kappa shape index (κ2) is 8.43. The number of rotatable bonds is 5. The topological polar surface area (TPSA) is 89.0 Å². The van der Waals surface area contributed by atoms with Gasteiger partial charge in [0.15, 0.2) is 0 Å². The molecule has 1 unspecified atom stereocenters. The molecule has 7 heteroatoms. The van der Waals surface area contributed by atoms with E-state index in [1.165, 1.54) is 4.90 Å². The molecule has 1 fully saturated rings. The van der Waals surface area contributed by atoms with E-state index in [4.69, 9.17) is 9.47 Å². The van der Waals surface area contributed by atoms with Crippen LogP contribution in [0.1, 0.15) is 29.8 Å². The molecular formula is C26H22N2O5. The lowest BCUT2D eigenvalue weighted by molar-refractivity contribution is -0.132. The van der Waals surface area contributed by atoms with Crippen molar-refractivity contribution in [1.29, 1.82) is 0 Å². The summed E-state index contributed by atoms with van der Waals surface area (Å²) >= 11 is 0. The molecular weight excluding hydrogens is 420 g/mol. The Morgan fingerprint density at radius 1 is 1.15 bits per heavy atom. The van der Waals surface area contributed by atoms with E-state index in [9.17, 15) is 14.7 Å². The van der Waals surface area contributed by atoms with Crippen LogP contribution in [0.25, 0.3) is 5.76 Å². The number of ether oxygens (including phenoxy) is 2. The zero-order chi connectivity index (χ0) is 22.9. The maximum atomic E-state index is 13.2. The summed E-state index contributed by atoms with van der Waals surface area (Å²) in [5, 5.41) is 11.2. The average molecular weight is 442 g/mol. The molecule has 1 amide bonds. The monoisotopic (exact) mass is 442 g/mol. The van der Waals surface area contributed by atoms with Crippen LogP contribution in [0.3, 0.4) is 0 Å². The van der Waals surface area contributed by atoms with Crippen LogP contribution >= 0.6 is 0 Å². The largest absolute Gasteiger partial charge is 0.507 e. The predicted octanol–water partition coefficient (Wildman–Crippen LogP) is 4.04. The number of pyridine rings is 1. The number of benzene rings is 2. The molecule has 0 aliphatic carbocycles. The van der Waals surface area contributed by atoms with Crippen LogP contribution in [0.15, 0.2) is 72.4 Å². The Bertz CT molecular complexity index is 1250. The Labute approximate surface area is 190 Å². The van der Waals surface area contributed by atoms with E-state index in [0.717, 1.165) is 17.7 Å². The number of aliphatic hydroxyl groups is 1. The van der Waals surface area contributed by atoms with Crippen molar-refractivity contribution in [3.8, 4) is 11.5 Å². The summed E-state index contributed by atoms with van der Waals surface area (Å²) in [6.07, 6.45) is 2.32. The quantitative estimate of drug-likeness (QED) is 0.364. The van der Waals surface area contributed by atoms with Gasteiger partial charge in [0, 0.05) is 23.9 Å². The van der Waals surface area contributed by atoms with Gasteiger partial charge in [-0.25, -0.2) is 0 Å². The molecule has 2 aromatic carbocycles. The highest BCUT2D eigenvalue weighted by atomic mass is 16.5. The van der Waals surface area contributed by atoms with Crippen molar-refractivity contribution in [2.24, 2.45) is 0 Å². The Balaban J connectivity index is 1.65. The smallest absolute Gasteiger partial charge is 0.300 e. The molecule has 1 atom stereocenters. The minimum absolute atomic E-state index is 0.00597. The van der Waals surface area contributed by atoms with E-state index < -0.39 is 17.7 Å². The molecule has 0 spiro atoms. The van der Waals surface area contributed by atoms with Gasteiger partial charge in [-0.1, -0.05) is 6.07 Å². The molecule has 1 saturated heterocycles. The van der Waals surface area contributed by atoms with Crippen LogP contribution in [0.5, 0.6) is 11.5 Å². The van der Waals surface area contributed by atoms with Crippen molar-refractivity contribution < 1.29 is 24.2 Å². The lowest BCUT2D eigenvalue weighted by Gasteiger charge is -2.24. The van der Waals surface area contributed by atoms with Gasteiger partial charge in [0.1, 0.15) is 23.3 Å². The van der Waals surface area contributed by atoms with Crippen molar-refractivity contribution in [1.82, 2.24) is 4.98 Å². The Morgan fingerprint density at radius 3 is 2.70 bits per heavy atom. The first-order valence-electron chi connectivity index (χ1n) is 10.8. The highest BCUT2D eigenvalue weighted by molar-refractivity contribution is 6.51. The number of aliphatic hydroxyl groups excluding tert-OH is 1. The van der Waals surface area contributed by atoms with E-state index in [2.05, 4.69) is 4.98 Å². The summed E-state index contributed by atoms with van der Waals surface area (Å²) in [7, 11) is 0. The number of carbonyl (C=O) groups is 2. The molecule has 2 aliphatic heterocycles. The molecule has 3 aromatic rings. The molecule has 3 heterocycles. The first-order valence-corrected chi connectivity index (χ1v) is 10.8. The molecule has 1 N–H and O–H groups in total. The number of aromatic nitrogens is 1. The van der Waals surface area contributed by atoms with E-state index in [0.29, 0.717) is 35.9 Å². The molecule has 1 aromatic heterocycles. The molecule has 33 heavy (non-hydrogen) atoms. The number of nitrogens with zero attached hydrogens (tertiary/aromatic N) is 2. The van der Waals surface area contributed by atoms with Gasteiger partial charge < -0.3 is 14.6 Å². The number of fused-ring (bicyclic) bond motifs is 1. The zero-order valence-corrected chi connectivity index (χ0v) is 18.0. The Kier molecular flexibility index (Phi) is 5.30. The summed E-state index contributed by atoms with van der Waals surface area (Å²) in [4.78, 5) is 32.2. The highest BCUT2D eigenvalue weighted by Crippen LogP contribution is 2.42.